The van der Waals surface area contributed by atoms with Crippen LogP contribution in [0.2, 0.25) is 0 Å². The molecule has 3 aromatic heterocycles. The van der Waals surface area contributed by atoms with Crippen molar-refractivity contribution in [1.29, 1.82) is 0 Å². The van der Waals surface area contributed by atoms with Crippen LogP contribution < -0.4 is 10.1 Å². The molecule has 1 aliphatic carbocycles. The van der Waals surface area contributed by atoms with E-state index in [0.29, 0.717) is 31.1 Å². The van der Waals surface area contributed by atoms with Crippen molar-refractivity contribution in [2.45, 2.75) is 39.7 Å². The van der Waals surface area contributed by atoms with E-state index in [-0.39, 0.29) is 17.6 Å². The summed E-state index contributed by atoms with van der Waals surface area (Å²) in [4.78, 5) is 23.5. The molecule has 2 aliphatic rings. The van der Waals surface area contributed by atoms with Gasteiger partial charge >= 0.3 is 0 Å². The monoisotopic (exact) mass is 456 g/mol. The molecule has 7 heteroatoms. The Bertz CT molecular complexity index is 1440. The molecule has 7 nitrogen and oxygen atoms in total. The average Bonchev–Trinajstić information content (AvgIpc) is 3.29. The first-order valence-electron chi connectivity index (χ1n) is 12.0. The molecule has 4 aromatic rings. The second-order valence-electron chi connectivity index (χ2n) is 9.74. The summed E-state index contributed by atoms with van der Waals surface area (Å²) < 4.78 is 10.5. The third-order valence-corrected chi connectivity index (χ3v) is 7.08. The Labute approximate surface area is 197 Å². The smallest absolute Gasteiger partial charge is 0.220 e. The van der Waals surface area contributed by atoms with Gasteiger partial charge in [0, 0.05) is 48.1 Å². The van der Waals surface area contributed by atoms with Crippen LogP contribution in [0.5, 0.6) is 5.75 Å². The number of aryl methyl sites for hydroxylation is 1. The zero-order valence-electron chi connectivity index (χ0n) is 19.5. The SMILES string of the molecule is CC(=O)c1ccc2c(C)c(-c3cc4cccc(OCC5CNC(=O)C5)c4n3CC3CC3)nn2c1. The molecule has 0 spiro atoms. The maximum atomic E-state index is 11.9. The number of aromatic nitrogens is 3. The molecule has 34 heavy (non-hydrogen) atoms. The normalized spacial score (nSPS) is 18.1. The van der Waals surface area contributed by atoms with Crippen molar-refractivity contribution in [2.75, 3.05) is 13.2 Å². The summed E-state index contributed by atoms with van der Waals surface area (Å²) >= 11 is 0. The summed E-state index contributed by atoms with van der Waals surface area (Å²) in [6.07, 6.45) is 4.81. The van der Waals surface area contributed by atoms with Gasteiger partial charge in [-0.2, -0.15) is 5.10 Å². The second kappa shape index (κ2) is 8.01. The molecular weight excluding hydrogens is 428 g/mol. The lowest BCUT2D eigenvalue weighted by Crippen LogP contribution is -2.17. The number of pyridine rings is 1. The van der Waals surface area contributed by atoms with Gasteiger partial charge in [0.05, 0.1) is 23.3 Å². The van der Waals surface area contributed by atoms with Gasteiger partial charge in [0.15, 0.2) is 5.78 Å². The van der Waals surface area contributed by atoms with Crippen LogP contribution in [0.25, 0.3) is 27.8 Å². The minimum absolute atomic E-state index is 0.0282. The molecule has 1 aliphatic heterocycles. The minimum Gasteiger partial charge on any atom is -0.491 e. The number of fused-ring (bicyclic) bond motifs is 2. The molecule has 174 valence electrons. The maximum absolute atomic E-state index is 11.9. The number of ketones is 1. The third-order valence-electron chi connectivity index (χ3n) is 7.08. The van der Waals surface area contributed by atoms with Crippen molar-refractivity contribution in [1.82, 2.24) is 19.5 Å². The van der Waals surface area contributed by atoms with Crippen LogP contribution in [0, 0.1) is 18.8 Å². The van der Waals surface area contributed by atoms with Gasteiger partial charge in [-0.15, -0.1) is 0 Å². The highest BCUT2D eigenvalue weighted by atomic mass is 16.5. The number of Topliss-reactive ketones (excluding diaryl/α,β-unsaturated/α-hetero) is 1. The first-order chi connectivity index (χ1) is 16.5. The van der Waals surface area contributed by atoms with E-state index in [1.54, 1.807) is 6.92 Å². The topological polar surface area (TPSA) is 77.6 Å². The lowest BCUT2D eigenvalue weighted by molar-refractivity contribution is -0.119. The lowest BCUT2D eigenvalue weighted by atomic mass is 10.1. The maximum Gasteiger partial charge on any atom is 0.220 e. The van der Waals surface area contributed by atoms with Crippen molar-refractivity contribution >= 4 is 28.1 Å². The number of nitrogens with zero attached hydrogens (tertiary/aromatic N) is 3. The van der Waals surface area contributed by atoms with Crippen LogP contribution in [-0.4, -0.2) is 39.0 Å². The number of para-hydroxylation sites is 1. The highest BCUT2D eigenvalue weighted by molar-refractivity contribution is 5.95. The summed E-state index contributed by atoms with van der Waals surface area (Å²) in [6, 6.07) is 12.2. The molecule has 2 fully saturated rings. The van der Waals surface area contributed by atoms with Crippen molar-refractivity contribution in [2.24, 2.45) is 11.8 Å². The van der Waals surface area contributed by atoms with Crippen LogP contribution in [0.15, 0.2) is 42.6 Å². The van der Waals surface area contributed by atoms with Crippen molar-refractivity contribution in [3.63, 3.8) is 0 Å². The van der Waals surface area contributed by atoms with Crippen molar-refractivity contribution in [3.8, 4) is 17.1 Å². The van der Waals surface area contributed by atoms with Crippen LogP contribution in [0.4, 0.5) is 0 Å². The zero-order chi connectivity index (χ0) is 23.4. The number of carbonyl (C=O) groups is 2. The van der Waals surface area contributed by atoms with Crippen LogP contribution >= 0.6 is 0 Å². The highest BCUT2D eigenvalue weighted by Gasteiger charge is 2.27. The number of ether oxygens (including phenoxy) is 1. The van der Waals surface area contributed by atoms with Crippen LogP contribution in [0.1, 0.15) is 42.1 Å². The summed E-state index contributed by atoms with van der Waals surface area (Å²) in [5.41, 5.74) is 5.82. The number of benzene rings is 1. The second-order valence-corrected chi connectivity index (χ2v) is 9.74. The quantitative estimate of drug-likeness (QED) is 0.419. The minimum atomic E-state index is 0.0282. The molecular formula is C27H28N4O3. The number of hydrogen-bond donors (Lipinski definition) is 1. The summed E-state index contributed by atoms with van der Waals surface area (Å²) in [5.74, 6) is 1.84. The predicted octanol–water partition coefficient (Wildman–Crippen LogP) is 4.39. The fourth-order valence-electron chi connectivity index (χ4n) is 4.97. The Morgan fingerprint density at radius 3 is 2.79 bits per heavy atom. The fraction of sp³-hybridized carbons (Fsp3) is 0.370. The third kappa shape index (κ3) is 3.65. The van der Waals surface area contributed by atoms with E-state index in [4.69, 9.17) is 9.84 Å². The summed E-state index contributed by atoms with van der Waals surface area (Å²) in [6.45, 7) is 5.78. The van der Waals surface area contributed by atoms with Gasteiger partial charge in [-0.25, -0.2) is 4.52 Å². The van der Waals surface area contributed by atoms with E-state index in [9.17, 15) is 9.59 Å². The molecule has 0 radical (unpaired) electrons. The van der Waals surface area contributed by atoms with Gasteiger partial charge in [0.1, 0.15) is 11.4 Å². The predicted molar refractivity (Wildman–Crippen MR) is 130 cm³/mol. The van der Waals surface area contributed by atoms with Crippen molar-refractivity contribution < 1.29 is 14.3 Å². The summed E-state index contributed by atoms with van der Waals surface area (Å²) in [5, 5.41) is 8.92. The molecule has 1 aromatic carbocycles. The first kappa shape index (κ1) is 21.0. The molecule has 4 heterocycles. The number of amides is 1. The van der Waals surface area contributed by atoms with E-state index in [1.807, 2.05) is 35.0 Å². The molecule has 1 amide bonds. The molecule has 1 saturated carbocycles. The van der Waals surface area contributed by atoms with Gasteiger partial charge < -0.3 is 14.6 Å². The van der Waals surface area contributed by atoms with Crippen molar-refractivity contribution in [3.05, 3.63) is 53.7 Å². The average molecular weight is 457 g/mol. The Morgan fingerprint density at radius 1 is 1.21 bits per heavy atom. The molecule has 1 unspecified atom stereocenters. The van der Waals surface area contributed by atoms with Gasteiger partial charge in [0.2, 0.25) is 5.91 Å². The van der Waals surface area contributed by atoms with Gasteiger partial charge in [-0.3, -0.25) is 9.59 Å². The summed E-state index contributed by atoms with van der Waals surface area (Å²) in [7, 11) is 0. The Hall–Kier alpha value is -3.61. The molecule has 6 rings (SSSR count). The Balaban J connectivity index is 1.45. The Morgan fingerprint density at radius 2 is 2.06 bits per heavy atom. The first-order valence-corrected chi connectivity index (χ1v) is 12.0. The van der Waals surface area contributed by atoms with Gasteiger partial charge in [-0.05, 0) is 56.9 Å². The Kier molecular flexibility index (Phi) is 4.94. The van der Waals surface area contributed by atoms with E-state index in [1.165, 1.54) is 12.8 Å². The van der Waals surface area contributed by atoms with E-state index >= 15 is 0 Å². The van der Waals surface area contributed by atoms with Gasteiger partial charge in [0.25, 0.3) is 0 Å². The number of nitrogens with one attached hydrogen (secondary N) is 1. The highest BCUT2D eigenvalue weighted by Crippen LogP contribution is 2.39. The number of hydrogen-bond acceptors (Lipinski definition) is 4. The van der Waals surface area contributed by atoms with E-state index in [0.717, 1.165) is 45.7 Å². The zero-order valence-corrected chi connectivity index (χ0v) is 19.5. The van der Waals surface area contributed by atoms with E-state index < -0.39 is 0 Å². The molecule has 1 atom stereocenters. The van der Waals surface area contributed by atoms with Gasteiger partial charge in [-0.1, -0.05) is 12.1 Å². The van der Waals surface area contributed by atoms with Crippen LogP contribution in [0.3, 0.4) is 0 Å². The molecule has 0 bridgehead atoms. The molecule has 1 saturated heterocycles. The van der Waals surface area contributed by atoms with Crippen LogP contribution in [-0.2, 0) is 11.3 Å². The number of rotatable bonds is 7. The fourth-order valence-corrected chi connectivity index (χ4v) is 4.97. The lowest BCUT2D eigenvalue weighted by Gasteiger charge is -2.15. The van der Waals surface area contributed by atoms with E-state index in [2.05, 4.69) is 28.9 Å². The largest absolute Gasteiger partial charge is 0.491 e. The standard InChI is InChI=1S/C27H28N4O3/c1-16-22-9-8-21(17(2)32)14-31(22)29-26(16)23-11-20-4-3-5-24(27(20)30(23)13-18-6-7-18)34-15-19-10-25(33)28-12-19/h3-5,8-9,11,14,18-19H,6-7,10,12-13,15H2,1-2H3,(H,28,33). The molecule has 1 N–H and O–H groups in total. The number of carbonyl (C=O) groups excluding carboxylic acids is 2.